The van der Waals surface area contributed by atoms with Gasteiger partial charge in [-0.05, 0) is 100 Å². The predicted molar refractivity (Wildman–Crippen MR) is 185 cm³/mol. The second-order valence-electron chi connectivity index (χ2n) is 9.55. The van der Waals surface area contributed by atoms with Gasteiger partial charge in [0.2, 0.25) is 0 Å². The van der Waals surface area contributed by atoms with Crippen LogP contribution in [0.5, 0.6) is 11.5 Å². The Kier molecular flexibility index (Phi) is 10.2. The van der Waals surface area contributed by atoms with Crippen LogP contribution in [0.15, 0.2) is 100 Å². The third-order valence-electron chi connectivity index (χ3n) is 6.63. The summed E-state index contributed by atoms with van der Waals surface area (Å²) in [6.07, 6.45) is 3.52. The van der Waals surface area contributed by atoms with E-state index in [9.17, 15) is 9.59 Å². The smallest absolute Gasteiger partial charge is 0.338 e. The first-order valence-electron chi connectivity index (χ1n) is 13.5. The highest BCUT2D eigenvalue weighted by Crippen LogP contribution is 2.32. The number of halogens is 2. The fourth-order valence-corrected chi connectivity index (χ4v) is 7.80. The zero-order chi connectivity index (χ0) is 30.5. The molecule has 0 amide bonds. The first kappa shape index (κ1) is 31.2. The van der Waals surface area contributed by atoms with E-state index in [1.54, 1.807) is 24.5 Å². The number of aromatic nitrogens is 1. The lowest BCUT2D eigenvalue weighted by molar-refractivity contribution is -0.139. The molecule has 1 aliphatic rings. The molecule has 43 heavy (non-hydrogen) atoms. The number of hydrogen-bond acceptors (Lipinski definition) is 7. The third-order valence-corrected chi connectivity index (χ3v) is 9.04. The van der Waals surface area contributed by atoms with Gasteiger partial charge in [-0.15, -0.1) is 0 Å². The summed E-state index contributed by atoms with van der Waals surface area (Å²) in [7, 11) is 0. The predicted octanol–water partition coefficient (Wildman–Crippen LogP) is 6.15. The highest BCUT2D eigenvalue weighted by molar-refractivity contribution is 14.1. The van der Waals surface area contributed by atoms with E-state index in [1.165, 1.54) is 11.3 Å². The first-order chi connectivity index (χ1) is 20.8. The minimum Gasteiger partial charge on any atom is -0.490 e. The molecule has 1 aromatic heterocycles. The van der Waals surface area contributed by atoms with Crippen molar-refractivity contribution in [1.29, 1.82) is 0 Å². The molecule has 0 saturated carbocycles. The minimum atomic E-state index is -0.712. The number of rotatable bonds is 10. The summed E-state index contributed by atoms with van der Waals surface area (Å²) in [5, 5.41) is 0. The van der Waals surface area contributed by atoms with Crippen molar-refractivity contribution in [3.63, 3.8) is 0 Å². The quantitative estimate of drug-likeness (QED) is 0.109. The fourth-order valence-electron chi connectivity index (χ4n) is 4.72. The average Bonchev–Trinajstić information content (AvgIpc) is 3.29. The van der Waals surface area contributed by atoms with Crippen LogP contribution in [-0.2, 0) is 16.1 Å². The van der Waals surface area contributed by atoms with Crippen LogP contribution in [0.2, 0.25) is 0 Å². The molecule has 10 heteroatoms. The maximum absolute atomic E-state index is 14.1. The fraction of sp³-hybridized carbons (Fsp3) is 0.182. The van der Waals surface area contributed by atoms with Gasteiger partial charge in [0.1, 0.15) is 24.7 Å². The Hall–Kier alpha value is -3.23. The molecule has 0 aliphatic carbocycles. The molecule has 1 atom stereocenters. The van der Waals surface area contributed by atoms with Crippen molar-refractivity contribution in [2.24, 2.45) is 4.99 Å². The number of thiazole rings is 1. The maximum Gasteiger partial charge on any atom is 0.338 e. The molecule has 220 valence electrons. The lowest BCUT2D eigenvalue weighted by atomic mass is 9.96. The van der Waals surface area contributed by atoms with Crippen molar-refractivity contribution in [3.05, 3.63) is 134 Å². The minimum absolute atomic E-state index is 0.206. The maximum atomic E-state index is 14.1. The van der Waals surface area contributed by atoms with Gasteiger partial charge < -0.3 is 14.2 Å². The van der Waals surface area contributed by atoms with Crippen LogP contribution in [0.3, 0.4) is 0 Å². The Bertz CT molecular complexity index is 1880. The highest BCUT2D eigenvalue weighted by atomic mass is 127. The number of fused-ring (bicyclic) bond motifs is 1. The van der Waals surface area contributed by atoms with E-state index in [-0.39, 0.29) is 12.2 Å². The summed E-state index contributed by atoms with van der Waals surface area (Å²) in [5.74, 6) is 0.857. The summed E-state index contributed by atoms with van der Waals surface area (Å²) in [4.78, 5) is 32.5. The van der Waals surface area contributed by atoms with Gasteiger partial charge in [0, 0.05) is 9.13 Å². The summed E-state index contributed by atoms with van der Waals surface area (Å²) in [5.41, 5.74) is 3.17. The number of nitrogens with zero attached hydrogens (tertiary/aromatic N) is 2. The van der Waals surface area contributed by atoms with Gasteiger partial charge >= 0.3 is 5.97 Å². The van der Waals surface area contributed by atoms with Crippen molar-refractivity contribution in [2.45, 2.75) is 26.5 Å². The molecule has 7 nitrogen and oxygen atoms in total. The van der Waals surface area contributed by atoms with Crippen molar-refractivity contribution in [2.75, 3.05) is 13.2 Å². The molecule has 0 radical (unpaired) electrons. The van der Waals surface area contributed by atoms with Gasteiger partial charge in [-0.2, -0.15) is 0 Å². The summed E-state index contributed by atoms with van der Waals surface area (Å²) in [6, 6.07) is 20.6. The van der Waals surface area contributed by atoms with Gasteiger partial charge in [-0.3, -0.25) is 9.36 Å². The zero-order valence-electron chi connectivity index (χ0n) is 23.5. The van der Waals surface area contributed by atoms with E-state index in [4.69, 9.17) is 19.2 Å². The third kappa shape index (κ3) is 6.96. The second-order valence-corrected chi connectivity index (χ2v) is 13.0. The number of carbonyl (C=O) groups is 1. The Morgan fingerprint density at radius 3 is 2.53 bits per heavy atom. The highest BCUT2D eigenvalue weighted by Gasteiger charge is 2.33. The Labute approximate surface area is 280 Å². The van der Waals surface area contributed by atoms with E-state index >= 15 is 0 Å². The van der Waals surface area contributed by atoms with E-state index in [0.29, 0.717) is 45.3 Å². The number of ether oxygens (including phenoxy) is 3. The SMILES string of the molecule is C=CCOc1ccc([C@H]2C(C(=O)OCC)=C(C)N=c3s/c(=C\c4cc(I)cc(I)c4OCc4ccccc4)c(=O)n32)cc1. The topological polar surface area (TPSA) is 79.1 Å². The Balaban J connectivity index is 1.63. The summed E-state index contributed by atoms with van der Waals surface area (Å²) < 4.78 is 21.4. The number of esters is 1. The van der Waals surface area contributed by atoms with Gasteiger partial charge in [0.25, 0.3) is 5.56 Å². The van der Waals surface area contributed by atoms with Crippen LogP contribution in [-0.4, -0.2) is 23.8 Å². The van der Waals surface area contributed by atoms with Crippen molar-refractivity contribution < 1.29 is 19.0 Å². The molecule has 0 spiro atoms. The lowest BCUT2D eigenvalue weighted by Crippen LogP contribution is -2.39. The molecule has 5 rings (SSSR count). The monoisotopic (exact) mass is 818 g/mol. The zero-order valence-corrected chi connectivity index (χ0v) is 28.6. The van der Waals surface area contributed by atoms with E-state index in [0.717, 1.165) is 23.8 Å². The molecule has 0 bridgehead atoms. The molecule has 0 unspecified atom stereocenters. The molecule has 2 heterocycles. The van der Waals surface area contributed by atoms with E-state index in [2.05, 4.69) is 51.8 Å². The van der Waals surface area contributed by atoms with Gasteiger partial charge in [-0.1, -0.05) is 66.5 Å². The average molecular weight is 818 g/mol. The van der Waals surface area contributed by atoms with E-state index < -0.39 is 12.0 Å². The van der Waals surface area contributed by atoms with Crippen molar-refractivity contribution >= 4 is 68.6 Å². The van der Waals surface area contributed by atoms with Gasteiger partial charge in [-0.25, -0.2) is 9.79 Å². The normalized spacial score (nSPS) is 14.6. The van der Waals surface area contributed by atoms with E-state index in [1.807, 2.05) is 72.8 Å². The second kappa shape index (κ2) is 14.0. The van der Waals surface area contributed by atoms with Crippen LogP contribution in [0.1, 0.15) is 36.6 Å². The number of allylic oxidation sites excluding steroid dienone is 1. The summed E-state index contributed by atoms with van der Waals surface area (Å²) >= 11 is 5.81. The molecule has 0 N–H and O–H groups in total. The largest absolute Gasteiger partial charge is 0.490 e. The first-order valence-corrected chi connectivity index (χ1v) is 16.5. The van der Waals surface area contributed by atoms with Gasteiger partial charge in [0.05, 0.1) is 32.0 Å². The van der Waals surface area contributed by atoms with Crippen molar-refractivity contribution in [3.8, 4) is 11.5 Å². The molecular formula is C33H28I2N2O5S. The Morgan fingerprint density at radius 2 is 1.84 bits per heavy atom. The molecule has 1 aliphatic heterocycles. The lowest BCUT2D eigenvalue weighted by Gasteiger charge is -2.24. The molecule has 4 aromatic rings. The van der Waals surface area contributed by atoms with Crippen molar-refractivity contribution in [1.82, 2.24) is 4.57 Å². The van der Waals surface area contributed by atoms with Crippen LogP contribution >= 0.6 is 56.5 Å². The van der Waals surface area contributed by atoms with Gasteiger partial charge in [0.15, 0.2) is 4.80 Å². The number of hydrogen-bond donors (Lipinski definition) is 0. The molecule has 3 aromatic carbocycles. The van der Waals surface area contributed by atoms with Crippen LogP contribution in [0.25, 0.3) is 6.08 Å². The standard InChI is InChI=1S/C33H28I2N2O5S/c1-4-15-41-25-13-11-22(12-14-25)29-28(32(39)40-5-2)20(3)36-33-37(29)31(38)27(43-33)17-23-16-24(34)18-26(35)30(23)42-19-21-9-7-6-8-10-21/h4,6-14,16-18,29H,1,5,15,19H2,2-3H3/b27-17-/t29-/m0/s1. The molecular weight excluding hydrogens is 790 g/mol. The number of carbonyl (C=O) groups excluding carboxylic acids is 1. The Morgan fingerprint density at radius 1 is 1.09 bits per heavy atom. The summed E-state index contributed by atoms with van der Waals surface area (Å²) in [6.45, 7) is 8.19. The van der Waals surface area contributed by atoms with Crippen LogP contribution in [0, 0.1) is 7.14 Å². The number of benzene rings is 3. The molecule has 0 saturated heterocycles. The molecule has 0 fully saturated rings. The van der Waals surface area contributed by atoms with Crippen LogP contribution < -0.4 is 24.4 Å². The van der Waals surface area contributed by atoms with Crippen LogP contribution in [0.4, 0.5) is 0 Å².